The molecule has 148 valence electrons. The van der Waals surface area contributed by atoms with E-state index < -0.39 is 12.2 Å². The van der Waals surface area contributed by atoms with E-state index in [0.29, 0.717) is 0 Å². The molecule has 1 heterocycles. The van der Waals surface area contributed by atoms with Crippen LogP contribution in [0.4, 0.5) is 14.5 Å². The first kappa shape index (κ1) is 20.0. The molecule has 3 rings (SSSR count). The van der Waals surface area contributed by atoms with Crippen molar-refractivity contribution < 1.29 is 23.0 Å². The van der Waals surface area contributed by atoms with Gasteiger partial charge in [0.25, 0.3) is 5.91 Å². The van der Waals surface area contributed by atoms with Crippen LogP contribution in [0.15, 0.2) is 42.5 Å². The summed E-state index contributed by atoms with van der Waals surface area (Å²) in [5.74, 6) is -0.869. The van der Waals surface area contributed by atoms with E-state index in [2.05, 4.69) is 27.0 Å². The number of benzene rings is 2. The maximum absolute atomic E-state index is 13.1. The Labute approximate surface area is 167 Å². The second-order valence-corrected chi connectivity index (χ2v) is 6.80. The molecule has 2 aromatic rings. The van der Waals surface area contributed by atoms with Gasteiger partial charge in [0, 0.05) is 11.3 Å². The smallest absolute Gasteiger partial charge is 0.395 e. The van der Waals surface area contributed by atoms with Crippen LogP contribution in [0.2, 0.25) is 0 Å². The fourth-order valence-electron chi connectivity index (χ4n) is 2.76. The molecule has 0 radical (unpaired) electrons. The van der Waals surface area contributed by atoms with E-state index in [0.717, 1.165) is 18.5 Å². The molecule has 0 atom stereocenters. The Morgan fingerprint density at radius 2 is 1.79 bits per heavy atom. The van der Waals surface area contributed by atoms with Gasteiger partial charge in [0.2, 0.25) is 0 Å². The Bertz CT molecular complexity index is 872. The first-order valence-corrected chi connectivity index (χ1v) is 9.38. The van der Waals surface area contributed by atoms with Gasteiger partial charge in [-0.05, 0) is 61.0 Å². The summed E-state index contributed by atoms with van der Waals surface area (Å²) < 4.78 is 34.8. The van der Waals surface area contributed by atoms with Crippen molar-refractivity contribution in [1.29, 1.82) is 0 Å². The molecule has 0 fully saturated rings. The normalized spacial score (nSPS) is 13.8. The second-order valence-electron chi connectivity index (χ2n) is 6.39. The molecule has 1 amide bonds. The fourth-order valence-corrected chi connectivity index (χ4v) is 2.97. The molecule has 5 nitrogen and oxygen atoms in total. The summed E-state index contributed by atoms with van der Waals surface area (Å²) in [6, 6.07) is 11.6. The van der Waals surface area contributed by atoms with Crippen LogP contribution in [0.25, 0.3) is 0 Å². The van der Waals surface area contributed by atoms with Crippen molar-refractivity contribution in [2.24, 2.45) is 0 Å². The zero-order chi connectivity index (χ0) is 20.1. The molecule has 0 aliphatic carbocycles. The Kier molecular flexibility index (Phi) is 6.08. The van der Waals surface area contributed by atoms with E-state index in [4.69, 9.17) is 12.2 Å². The number of ether oxygens (including phenoxy) is 2. The number of amides is 1. The quantitative estimate of drug-likeness (QED) is 0.530. The average molecular weight is 406 g/mol. The molecule has 0 saturated heterocycles. The second kappa shape index (κ2) is 8.52. The molecule has 2 aromatic carbocycles. The minimum Gasteiger partial charge on any atom is -0.395 e. The molecule has 1 aliphatic heterocycles. The van der Waals surface area contributed by atoms with Crippen molar-refractivity contribution in [3.8, 4) is 11.5 Å². The summed E-state index contributed by atoms with van der Waals surface area (Å²) in [7, 11) is 0. The number of halogens is 2. The maximum Gasteiger partial charge on any atom is 0.586 e. The predicted octanol–water partition coefficient (Wildman–Crippen LogP) is 4.87. The van der Waals surface area contributed by atoms with Crippen molar-refractivity contribution in [3.63, 3.8) is 0 Å². The topological polar surface area (TPSA) is 59.6 Å². The zero-order valence-electron chi connectivity index (χ0n) is 15.3. The highest BCUT2D eigenvalue weighted by atomic mass is 32.1. The Morgan fingerprint density at radius 1 is 1.07 bits per heavy atom. The third-order valence-electron chi connectivity index (χ3n) is 4.17. The number of nitrogens with one attached hydrogen (secondary N) is 2. The van der Waals surface area contributed by atoms with Gasteiger partial charge < -0.3 is 14.8 Å². The van der Waals surface area contributed by atoms with Crippen LogP contribution in [0.5, 0.6) is 11.5 Å². The summed E-state index contributed by atoms with van der Waals surface area (Å²) in [6.07, 6.45) is 0.835. The molecule has 0 spiro atoms. The van der Waals surface area contributed by atoms with Crippen molar-refractivity contribution in [1.82, 2.24) is 5.32 Å². The van der Waals surface area contributed by atoms with Gasteiger partial charge in [0.05, 0.1) is 0 Å². The van der Waals surface area contributed by atoms with Gasteiger partial charge in [-0.25, -0.2) is 0 Å². The van der Waals surface area contributed by atoms with Crippen LogP contribution >= 0.6 is 12.2 Å². The molecule has 1 aliphatic rings. The van der Waals surface area contributed by atoms with E-state index in [9.17, 15) is 13.6 Å². The fraction of sp³-hybridized carbons (Fsp3) is 0.300. The maximum atomic E-state index is 13.1. The van der Waals surface area contributed by atoms with Crippen LogP contribution in [0.3, 0.4) is 0 Å². The first-order chi connectivity index (χ1) is 13.4. The molecule has 0 saturated carbocycles. The number of unbranched alkanes of at least 4 members (excludes halogenated alkanes) is 2. The summed E-state index contributed by atoms with van der Waals surface area (Å²) in [6.45, 7) is 2.17. The largest absolute Gasteiger partial charge is 0.586 e. The van der Waals surface area contributed by atoms with Crippen LogP contribution < -0.4 is 20.1 Å². The van der Waals surface area contributed by atoms with Gasteiger partial charge >= 0.3 is 6.29 Å². The molecule has 28 heavy (non-hydrogen) atoms. The summed E-state index contributed by atoms with van der Waals surface area (Å²) in [5.41, 5.74) is 2.11. The third kappa shape index (κ3) is 5.16. The van der Waals surface area contributed by atoms with Crippen LogP contribution in [0, 0.1) is 0 Å². The van der Waals surface area contributed by atoms with E-state index in [-0.39, 0.29) is 22.2 Å². The number of carbonyl (C=O) groups is 1. The molecule has 0 aromatic heterocycles. The Morgan fingerprint density at radius 3 is 2.50 bits per heavy atom. The number of alkyl halides is 2. The average Bonchev–Trinajstić information content (AvgIpc) is 2.96. The number of rotatable bonds is 6. The number of hydrogen-bond donors (Lipinski definition) is 2. The highest BCUT2D eigenvalue weighted by Gasteiger charge is 2.43. The summed E-state index contributed by atoms with van der Waals surface area (Å²) in [4.78, 5) is 12.3. The number of anilines is 1. The number of fused-ring (bicyclic) bond motifs is 1. The Hall–Kier alpha value is -2.74. The van der Waals surface area contributed by atoms with Crippen molar-refractivity contribution in [2.75, 3.05) is 5.32 Å². The van der Waals surface area contributed by atoms with Gasteiger partial charge in [0.15, 0.2) is 16.6 Å². The van der Waals surface area contributed by atoms with Crippen molar-refractivity contribution >= 4 is 28.9 Å². The number of aryl methyl sites for hydroxylation is 1. The van der Waals surface area contributed by atoms with E-state index in [1.54, 1.807) is 0 Å². The SMILES string of the molecule is CCCCCc1ccc(NC(=S)NC(=O)c2ccc3c(c2)OC(F)(F)O3)cc1. The number of thiocarbonyl (C=S) groups is 1. The van der Waals surface area contributed by atoms with Crippen molar-refractivity contribution in [2.45, 2.75) is 38.9 Å². The molecule has 2 N–H and O–H groups in total. The van der Waals surface area contributed by atoms with E-state index in [1.165, 1.54) is 36.6 Å². The Balaban J connectivity index is 1.54. The summed E-state index contributed by atoms with van der Waals surface area (Å²) >= 11 is 5.15. The van der Waals surface area contributed by atoms with Crippen LogP contribution in [-0.4, -0.2) is 17.3 Å². The first-order valence-electron chi connectivity index (χ1n) is 8.97. The minimum absolute atomic E-state index is 0.103. The van der Waals surface area contributed by atoms with Gasteiger partial charge in [-0.1, -0.05) is 31.9 Å². The minimum atomic E-state index is -3.73. The standard InChI is InChI=1S/C20H20F2N2O3S/c1-2-3-4-5-13-6-9-15(10-7-13)23-19(28)24-18(25)14-8-11-16-17(12-14)27-20(21,22)26-16/h6-12H,2-5H2,1H3,(H2,23,24,25,28). The highest BCUT2D eigenvalue weighted by molar-refractivity contribution is 7.80. The zero-order valence-corrected chi connectivity index (χ0v) is 16.1. The van der Waals surface area contributed by atoms with Gasteiger partial charge in [0.1, 0.15) is 0 Å². The van der Waals surface area contributed by atoms with Crippen LogP contribution in [-0.2, 0) is 6.42 Å². The van der Waals surface area contributed by atoms with Gasteiger partial charge in [-0.15, -0.1) is 8.78 Å². The van der Waals surface area contributed by atoms with Gasteiger partial charge in [-0.3, -0.25) is 10.1 Å². The van der Waals surface area contributed by atoms with Gasteiger partial charge in [-0.2, -0.15) is 0 Å². The molecule has 8 heteroatoms. The summed E-state index contributed by atoms with van der Waals surface area (Å²) in [5, 5.41) is 5.54. The monoisotopic (exact) mass is 406 g/mol. The molecule has 0 bridgehead atoms. The van der Waals surface area contributed by atoms with E-state index in [1.807, 2.05) is 24.3 Å². The molecule has 0 unspecified atom stereocenters. The lowest BCUT2D eigenvalue weighted by molar-refractivity contribution is -0.286. The number of hydrogen-bond acceptors (Lipinski definition) is 4. The molecular formula is C20H20F2N2O3S. The van der Waals surface area contributed by atoms with E-state index >= 15 is 0 Å². The lowest BCUT2D eigenvalue weighted by Crippen LogP contribution is -2.34. The lowest BCUT2D eigenvalue weighted by Gasteiger charge is -2.10. The number of carbonyl (C=O) groups excluding carboxylic acids is 1. The predicted molar refractivity (Wildman–Crippen MR) is 106 cm³/mol. The molecular weight excluding hydrogens is 386 g/mol. The third-order valence-corrected chi connectivity index (χ3v) is 4.38. The van der Waals surface area contributed by atoms with Crippen molar-refractivity contribution in [3.05, 3.63) is 53.6 Å². The lowest BCUT2D eigenvalue weighted by atomic mass is 10.1. The van der Waals surface area contributed by atoms with Crippen LogP contribution in [0.1, 0.15) is 42.1 Å². The highest BCUT2D eigenvalue weighted by Crippen LogP contribution is 2.41.